The summed E-state index contributed by atoms with van der Waals surface area (Å²) >= 11 is 0. The van der Waals surface area contributed by atoms with Gasteiger partial charge in [-0.25, -0.2) is 0 Å². The molecule has 0 atom stereocenters. The zero-order valence-electron chi connectivity index (χ0n) is 15.3. The predicted octanol–water partition coefficient (Wildman–Crippen LogP) is 4.55. The van der Waals surface area contributed by atoms with Crippen molar-refractivity contribution in [2.75, 3.05) is 19.8 Å². The van der Waals surface area contributed by atoms with Gasteiger partial charge in [0.1, 0.15) is 0 Å². The highest BCUT2D eigenvalue weighted by molar-refractivity contribution is 6.70. The van der Waals surface area contributed by atoms with Crippen LogP contribution in [-0.4, -0.2) is 44.8 Å². The second-order valence-electron chi connectivity index (χ2n) is 9.01. The third-order valence-corrected chi connectivity index (χ3v) is 5.59. The molecule has 0 unspecified atom stereocenters. The van der Waals surface area contributed by atoms with Crippen molar-refractivity contribution < 1.29 is 13.3 Å². The van der Waals surface area contributed by atoms with Crippen LogP contribution in [0.2, 0.25) is 58.9 Å². The van der Waals surface area contributed by atoms with Gasteiger partial charge in [0.25, 0.3) is 0 Å². The van der Waals surface area contributed by atoms with E-state index in [2.05, 4.69) is 65.8 Å². The van der Waals surface area contributed by atoms with E-state index in [1.807, 2.05) is 0 Å². The maximum absolute atomic E-state index is 6.13. The molecule has 0 heterocycles. The molecule has 20 heavy (non-hydrogen) atoms. The normalized spacial score (nSPS) is 14.7. The minimum atomic E-state index is -1.51. The fraction of sp³-hybridized carbons (Fsp3) is 1.00. The Morgan fingerprint density at radius 3 is 0.900 bits per heavy atom. The van der Waals surface area contributed by atoms with Crippen LogP contribution in [-0.2, 0) is 13.3 Å². The lowest BCUT2D eigenvalue weighted by atomic mass is 9.95. The molecule has 0 aliphatic rings. The first kappa shape index (κ1) is 20.5. The molecular weight excluding hydrogens is 300 g/mol. The van der Waals surface area contributed by atoms with Crippen LogP contribution in [0.25, 0.3) is 0 Å². The van der Waals surface area contributed by atoms with Crippen LogP contribution in [0.4, 0.5) is 0 Å². The first-order valence-electron chi connectivity index (χ1n) is 7.54. The Kier molecular flexibility index (Phi) is 7.39. The van der Waals surface area contributed by atoms with Crippen LogP contribution in [0, 0.1) is 5.41 Å². The third kappa shape index (κ3) is 12.3. The number of hydrogen-bond acceptors (Lipinski definition) is 3. The van der Waals surface area contributed by atoms with E-state index in [0.29, 0.717) is 0 Å². The summed E-state index contributed by atoms with van der Waals surface area (Å²) < 4.78 is 18.4. The first-order valence-corrected chi connectivity index (χ1v) is 17.8. The van der Waals surface area contributed by atoms with Gasteiger partial charge in [0, 0.05) is 25.2 Å². The van der Waals surface area contributed by atoms with Gasteiger partial charge in [0.05, 0.1) is 0 Å². The average molecular weight is 337 g/mol. The van der Waals surface area contributed by atoms with Crippen molar-refractivity contribution in [2.24, 2.45) is 5.41 Å². The molecule has 0 bridgehead atoms. The Balaban J connectivity index is 4.66. The van der Waals surface area contributed by atoms with E-state index in [1.54, 1.807) is 0 Å². The fourth-order valence-corrected chi connectivity index (χ4v) is 3.64. The van der Waals surface area contributed by atoms with E-state index in [-0.39, 0.29) is 5.41 Å². The van der Waals surface area contributed by atoms with Gasteiger partial charge < -0.3 is 13.3 Å². The van der Waals surface area contributed by atoms with Crippen molar-refractivity contribution in [1.29, 1.82) is 0 Å². The molecule has 0 N–H and O–H groups in total. The molecule has 0 aliphatic carbocycles. The van der Waals surface area contributed by atoms with Crippen LogP contribution in [0.1, 0.15) is 6.92 Å². The number of rotatable bonds is 9. The first-order chi connectivity index (χ1) is 8.62. The molecule has 3 nitrogen and oxygen atoms in total. The van der Waals surface area contributed by atoms with Crippen LogP contribution >= 0.6 is 0 Å². The average Bonchev–Trinajstić information content (AvgIpc) is 2.18. The molecule has 6 heteroatoms. The molecule has 0 aromatic rings. The van der Waals surface area contributed by atoms with E-state index in [0.717, 1.165) is 19.8 Å². The SMILES string of the molecule is CC(CO[Si](C)(C)C)(CO[Si](C)(C)C)CO[Si](C)(C)C. The van der Waals surface area contributed by atoms with Crippen LogP contribution in [0.5, 0.6) is 0 Å². The molecule has 0 rings (SSSR count). The summed E-state index contributed by atoms with van der Waals surface area (Å²) in [5.41, 5.74) is -0.0408. The standard InChI is InChI=1S/C14H36O3Si3/c1-14(11-15-18(2,3)4,12-16-19(5,6)7)13-17-20(8,9)10/h11-13H2,1-10H3. The molecule has 0 saturated heterocycles. The van der Waals surface area contributed by atoms with Gasteiger partial charge in [-0.3, -0.25) is 0 Å². The van der Waals surface area contributed by atoms with Gasteiger partial charge in [-0.2, -0.15) is 0 Å². The Labute approximate surface area is 129 Å². The van der Waals surface area contributed by atoms with Gasteiger partial charge in [-0.1, -0.05) is 6.92 Å². The predicted molar refractivity (Wildman–Crippen MR) is 96.0 cm³/mol. The Hall–Kier alpha value is 0.531. The van der Waals surface area contributed by atoms with E-state index < -0.39 is 25.0 Å². The summed E-state index contributed by atoms with van der Waals surface area (Å²) in [6, 6.07) is 0. The molecule has 0 saturated carbocycles. The lowest BCUT2D eigenvalue weighted by Crippen LogP contribution is -2.44. The molecule has 0 aliphatic heterocycles. The van der Waals surface area contributed by atoms with E-state index in [1.165, 1.54) is 0 Å². The molecular formula is C14H36O3Si3. The molecule has 0 spiro atoms. The molecule has 0 amide bonds. The van der Waals surface area contributed by atoms with Crippen molar-refractivity contribution in [3.8, 4) is 0 Å². The fourth-order valence-electron chi connectivity index (χ4n) is 1.30. The highest BCUT2D eigenvalue weighted by atomic mass is 28.4. The summed E-state index contributed by atoms with van der Waals surface area (Å²) in [6.45, 7) is 24.5. The van der Waals surface area contributed by atoms with Crippen molar-refractivity contribution in [3.63, 3.8) is 0 Å². The summed E-state index contributed by atoms with van der Waals surface area (Å²) in [6.07, 6.45) is 0. The van der Waals surface area contributed by atoms with E-state index in [4.69, 9.17) is 13.3 Å². The van der Waals surface area contributed by atoms with Gasteiger partial charge in [-0.05, 0) is 58.9 Å². The van der Waals surface area contributed by atoms with Gasteiger partial charge in [0.15, 0.2) is 25.0 Å². The van der Waals surface area contributed by atoms with Gasteiger partial charge in [0.2, 0.25) is 0 Å². The minimum absolute atomic E-state index is 0.0408. The maximum Gasteiger partial charge on any atom is 0.183 e. The van der Waals surface area contributed by atoms with Crippen LogP contribution in [0.3, 0.4) is 0 Å². The zero-order valence-corrected chi connectivity index (χ0v) is 18.3. The van der Waals surface area contributed by atoms with Crippen LogP contribution < -0.4 is 0 Å². The highest BCUT2D eigenvalue weighted by Gasteiger charge is 2.32. The molecule has 0 fully saturated rings. The highest BCUT2D eigenvalue weighted by Crippen LogP contribution is 2.24. The minimum Gasteiger partial charge on any atom is -0.417 e. The zero-order chi connectivity index (χ0) is 16.2. The largest absolute Gasteiger partial charge is 0.417 e. The van der Waals surface area contributed by atoms with Crippen molar-refractivity contribution in [1.82, 2.24) is 0 Å². The quantitative estimate of drug-likeness (QED) is 0.578. The molecule has 0 radical (unpaired) electrons. The van der Waals surface area contributed by atoms with Crippen molar-refractivity contribution in [3.05, 3.63) is 0 Å². The van der Waals surface area contributed by atoms with Crippen molar-refractivity contribution >= 4 is 25.0 Å². The van der Waals surface area contributed by atoms with Crippen LogP contribution in [0.15, 0.2) is 0 Å². The van der Waals surface area contributed by atoms with E-state index >= 15 is 0 Å². The maximum atomic E-state index is 6.13. The second-order valence-corrected chi connectivity index (χ2v) is 22.6. The lowest BCUT2D eigenvalue weighted by Gasteiger charge is -2.36. The molecule has 122 valence electrons. The van der Waals surface area contributed by atoms with Gasteiger partial charge >= 0.3 is 0 Å². The summed E-state index contributed by atoms with van der Waals surface area (Å²) in [5, 5.41) is 0. The summed E-state index contributed by atoms with van der Waals surface area (Å²) in [4.78, 5) is 0. The van der Waals surface area contributed by atoms with Gasteiger partial charge in [-0.15, -0.1) is 0 Å². The summed E-state index contributed by atoms with van der Waals surface area (Å²) in [7, 11) is -4.52. The Morgan fingerprint density at radius 2 is 0.750 bits per heavy atom. The topological polar surface area (TPSA) is 27.7 Å². The third-order valence-electron chi connectivity index (χ3n) is 2.56. The monoisotopic (exact) mass is 336 g/mol. The smallest absolute Gasteiger partial charge is 0.183 e. The lowest BCUT2D eigenvalue weighted by molar-refractivity contribution is 0.0394. The van der Waals surface area contributed by atoms with E-state index in [9.17, 15) is 0 Å². The Morgan fingerprint density at radius 1 is 0.550 bits per heavy atom. The molecule has 0 aromatic carbocycles. The van der Waals surface area contributed by atoms with Crippen molar-refractivity contribution in [2.45, 2.75) is 65.8 Å². The Bertz CT molecular complexity index is 242. The molecule has 0 aromatic heterocycles. The summed E-state index contributed by atoms with van der Waals surface area (Å²) in [5.74, 6) is 0. The second kappa shape index (κ2) is 7.19. The number of hydrogen-bond donors (Lipinski definition) is 0.